The molecular formula is C20H23N3O2S. The van der Waals surface area contributed by atoms with Crippen molar-refractivity contribution in [3.63, 3.8) is 0 Å². The lowest BCUT2D eigenvalue weighted by molar-refractivity contribution is 0.300. The zero-order valence-corrected chi connectivity index (χ0v) is 15.9. The van der Waals surface area contributed by atoms with Gasteiger partial charge in [0.05, 0.1) is 11.6 Å². The van der Waals surface area contributed by atoms with Crippen molar-refractivity contribution in [1.29, 1.82) is 0 Å². The van der Waals surface area contributed by atoms with E-state index in [1.165, 1.54) is 4.88 Å². The molecule has 3 rings (SSSR count). The van der Waals surface area contributed by atoms with Crippen LogP contribution in [0.4, 0.5) is 0 Å². The number of ether oxygens (including phenoxy) is 2. The molecule has 2 heterocycles. The van der Waals surface area contributed by atoms with Crippen LogP contribution in [0.2, 0.25) is 0 Å². The van der Waals surface area contributed by atoms with Gasteiger partial charge in [-0.25, -0.2) is 9.97 Å². The molecule has 3 aromatic rings. The molecule has 0 unspecified atom stereocenters. The van der Waals surface area contributed by atoms with Gasteiger partial charge in [-0.05, 0) is 31.5 Å². The van der Waals surface area contributed by atoms with Crippen molar-refractivity contribution in [2.24, 2.45) is 0 Å². The minimum Gasteiger partial charge on any atom is -0.490 e. The number of benzene rings is 1. The number of para-hydroxylation sites is 2. The maximum absolute atomic E-state index is 6.06. The van der Waals surface area contributed by atoms with Gasteiger partial charge in [0.1, 0.15) is 0 Å². The highest BCUT2D eigenvalue weighted by Crippen LogP contribution is 2.31. The normalized spacial score (nSPS) is 10.7. The van der Waals surface area contributed by atoms with Crippen LogP contribution in [0, 0.1) is 6.92 Å². The Bertz CT molecular complexity index is 835. The SMILES string of the molecule is CCCOc1ccccc1Oc1ncccc1CNCc1cnc(C)s1. The van der Waals surface area contributed by atoms with Crippen LogP contribution >= 0.6 is 11.3 Å². The monoisotopic (exact) mass is 369 g/mol. The Balaban J connectivity index is 1.67. The summed E-state index contributed by atoms with van der Waals surface area (Å²) >= 11 is 1.70. The van der Waals surface area contributed by atoms with Crippen LogP contribution in [-0.4, -0.2) is 16.6 Å². The van der Waals surface area contributed by atoms with Crippen LogP contribution in [0.5, 0.6) is 17.4 Å². The molecule has 1 N–H and O–H groups in total. The van der Waals surface area contributed by atoms with Gasteiger partial charge >= 0.3 is 0 Å². The molecular weight excluding hydrogens is 346 g/mol. The fourth-order valence-corrected chi connectivity index (χ4v) is 3.19. The van der Waals surface area contributed by atoms with E-state index in [0.717, 1.165) is 29.3 Å². The van der Waals surface area contributed by atoms with Crippen LogP contribution in [-0.2, 0) is 13.1 Å². The van der Waals surface area contributed by atoms with E-state index in [1.54, 1.807) is 17.5 Å². The minimum absolute atomic E-state index is 0.591. The van der Waals surface area contributed by atoms with E-state index < -0.39 is 0 Å². The summed E-state index contributed by atoms with van der Waals surface area (Å²) in [5.74, 6) is 2.01. The number of hydrogen-bond acceptors (Lipinski definition) is 6. The minimum atomic E-state index is 0.591. The topological polar surface area (TPSA) is 56.3 Å². The number of rotatable bonds is 9. The average molecular weight is 369 g/mol. The molecule has 0 saturated heterocycles. The molecule has 0 aliphatic rings. The Morgan fingerprint density at radius 2 is 1.88 bits per heavy atom. The zero-order valence-electron chi connectivity index (χ0n) is 15.1. The van der Waals surface area contributed by atoms with Crippen LogP contribution in [0.3, 0.4) is 0 Å². The number of hydrogen-bond donors (Lipinski definition) is 1. The summed E-state index contributed by atoms with van der Waals surface area (Å²) in [7, 11) is 0. The van der Waals surface area contributed by atoms with Gasteiger partial charge in [0.15, 0.2) is 11.5 Å². The van der Waals surface area contributed by atoms with E-state index >= 15 is 0 Å². The van der Waals surface area contributed by atoms with Gasteiger partial charge in [0.25, 0.3) is 0 Å². The number of aryl methyl sites for hydroxylation is 1. The van der Waals surface area contributed by atoms with Crippen molar-refractivity contribution >= 4 is 11.3 Å². The van der Waals surface area contributed by atoms with Crippen LogP contribution in [0.15, 0.2) is 48.8 Å². The van der Waals surface area contributed by atoms with Crippen molar-refractivity contribution in [3.05, 3.63) is 64.2 Å². The Morgan fingerprint density at radius 1 is 1.04 bits per heavy atom. The second-order valence-corrected chi connectivity index (χ2v) is 7.13. The van der Waals surface area contributed by atoms with Gasteiger partial charge in [-0.1, -0.05) is 25.1 Å². The van der Waals surface area contributed by atoms with Crippen LogP contribution in [0.25, 0.3) is 0 Å². The second-order valence-electron chi connectivity index (χ2n) is 5.81. The van der Waals surface area contributed by atoms with Crippen molar-refractivity contribution in [3.8, 4) is 17.4 Å². The van der Waals surface area contributed by atoms with E-state index in [1.807, 2.05) is 49.5 Å². The second kappa shape index (κ2) is 9.31. The third-order valence-corrected chi connectivity index (χ3v) is 4.56. The molecule has 0 atom stereocenters. The third-order valence-electron chi connectivity index (χ3n) is 3.65. The Morgan fingerprint density at radius 3 is 2.65 bits per heavy atom. The fourth-order valence-electron chi connectivity index (χ4n) is 2.43. The summed E-state index contributed by atoms with van der Waals surface area (Å²) in [5.41, 5.74) is 0.999. The smallest absolute Gasteiger partial charge is 0.223 e. The molecule has 0 spiro atoms. The highest BCUT2D eigenvalue weighted by Gasteiger charge is 2.10. The molecule has 2 aromatic heterocycles. The lowest BCUT2D eigenvalue weighted by atomic mass is 10.2. The summed E-state index contributed by atoms with van der Waals surface area (Å²) in [6, 6.07) is 11.6. The van der Waals surface area contributed by atoms with E-state index in [2.05, 4.69) is 22.2 Å². The molecule has 0 bridgehead atoms. The molecule has 26 heavy (non-hydrogen) atoms. The number of nitrogens with one attached hydrogen (secondary N) is 1. The Hall–Kier alpha value is -2.44. The maximum atomic E-state index is 6.06. The fraction of sp³-hybridized carbons (Fsp3) is 0.300. The summed E-state index contributed by atoms with van der Waals surface area (Å²) in [5, 5.41) is 4.51. The first-order valence-electron chi connectivity index (χ1n) is 8.72. The molecule has 5 nitrogen and oxygen atoms in total. The number of aromatic nitrogens is 2. The summed E-state index contributed by atoms with van der Waals surface area (Å²) < 4.78 is 11.8. The van der Waals surface area contributed by atoms with E-state index in [0.29, 0.717) is 24.8 Å². The van der Waals surface area contributed by atoms with Gasteiger partial charge in [-0.3, -0.25) is 0 Å². The highest BCUT2D eigenvalue weighted by atomic mass is 32.1. The number of nitrogens with zero attached hydrogens (tertiary/aromatic N) is 2. The highest BCUT2D eigenvalue weighted by molar-refractivity contribution is 7.11. The largest absolute Gasteiger partial charge is 0.490 e. The standard InChI is InChI=1S/C20H23N3O2S/c1-3-11-24-18-8-4-5-9-19(18)25-20-16(7-6-10-22-20)12-21-13-17-14-23-15(2)26-17/h4-10,14,21H,3,11-13H2,1-2H3. The van der Waals surface area contributed by atoms with E-state index in [4.69, 9.17) is 9.47 Å². The van der Waals surface area contributed by atoms with Crippen molar-refractivity contribution in [1.82, 2.24) is 15.3 Å². The van der Waals surface area contributed by atoms with Crippen molar-refractivity contribution in [2.75, 3.05) is 6.61 Å². The Kier molecular flexibility index (Phi) is 6.57. The summed E-state index contributed by atoms with van der Waals surface area (Å²) in [6.45, 7) is 6.19. The van der Waals surface area contributed by atoms with Crippen molar-refractivity contribution in [2.45, 2.75) is 33.4 Å². The van der Waals surface area contributed by atoms with Gasteiger partial charge in [0.2, 0.25) is 5.88 Å². The van der Waals surface area contributed by atoms with E-state index in [9.17, 15) is 0 Å². The number of thiazole rings is 1. The molecule has 0 saturated carbocycles. The molecule has 0 amide bonds. The van der Waals surface area contributed by atoms with Gasteiger partial charge in [-0.15, -0.1) is 11.3 Å². The molecule has 6 heteroatoms. The Labute approximate surface area is 158 Å². The maximum Gasteiger partial charge on any atom is 0.223 e. The lowest BCUT2D eigenvalue weighted by Crippen LogP contribution is -2.13. The summed E-state index contributed by atoms with van der Waals surface area (Å²) in [6.07, 6.45) is 4.60. The predicted octanol–water partition coefficient (Wildman–Crippen LogP) is 4.72. The molecule has 1 aromatic carbocycles. The molecule has 0 radical (unpaired) electrons. The van der Waals surface area contributed by atoms with Crippen molar-refractivity contribution < 1.29 is 9.47 Å². The summed E-state index contributed by atoms with van der Waals surface area (Å²) in [4.78, 5) is 9.89. The zero-order chi connectivity index (χ0) is 18.2. The molecule has 0 aliphatic carbocycles. The van der Waals surface area contributed by atoms with Crippen LogP contribution < -0.4 is 14.8 Å². The molecule has 0 aliphatic heterocycles. The quantitative estimate of drug-likeness (QED) is 0.591. The lowest BCUT2D eigenvalue weighted by Gasteiger charge is -2.13. The molecule has 136 valence electrons. The van der Waals surface area contributed by atoms with Gasteiger partial charge < -0.3 is 14.8 Å². The molecule has 0 fully saturated rings. The average Bonchev–Trinajstić information content (AvgIpc) is 3.07. The van der Waals surface area contributed by atoms with Gasteiger partial charge in [-0.2, -0.15) is 0 Å². The van der Waals surface area contributed by atoms with Crippen LogP contribution in [0.1, 0.15) is 28.8 Å². The first-order valence-corrected chi connectivity index (χ1v) is 9.53. The third kappa shape index (κ3) is 5.03. The first-order chi connectivity index (χ1) is 12.8. The first kappa shape index (κ1) is 18.4. The van der Waals surface area contributed by atoms with Gasteiger partial charge in [0, 0.05) is 35.9 Å². The predicted molar refractivity (Wildman–Crippen MR) is 104 cm³/mol. The van der Waals surface area contributed by atoms with E-state index in [-0.39, 0.29) is 0 Å². The number of pyridine rings is 1.